The molecule has 12 heteroatoms. The fourth-order valence-corrected chi connectivity index (χ4v) is 9.16. The van der Waals surface area contributed by atoms with Crippen LogP contribution in [0.2, 0.25) is 0 Å². The first-order valence-electron chi connectivity index (χ1n) is 31.8. The van der Waals surface area contributed by atoms with E-state index in [9.17, 15) is 28.9 Å². The van der Waals surface area contributed by atoms with Crippen LogP contribution >= 0.6 is 7.82 Å². The summed E-state index contributed by atoms with van der Waals surface area (Å²) in [6.07, 6.45) is 75.0. The molecule has 0 fully saturated rings. The van der Waals surface area contributed by atoms with Crippen molar-refractivity contribution >= 4 is 25.7 Å². The average molecular weight is 1140 g/mol. The van der Waals surface area contributed by atoms with E-state index in [1.807, 2.05) is 12.2 Å². The minimum atomic E-state index is -4.78. The van der Waals surface area contributed by atoms with Crippen LogP contribution in [0.1, 0.15) is 265 Å². The molecule has 0 rings (SSSR count). The molecule has 0 aromatic rings. The number of carbonyl (C=O) groups excluding carboxylic acids is 3. The van der Waals surface area contributed by atoms with Gasteiger partial charge in [-0.3, -0.25) is 23.4 Å². The number of phosphoric acid groups is 1. The molecular weight excluding hydrogens is 1020 g/mol. The van der Waals surface area contributed by atoms with Gasteiger partial charge < -0.3 is 24.2 Å². The fourth-order valence-electron chi connectivity index (χ4n) is 8.37. The average Bonchev–Trinajstić information content (AvgIpc) is 3.45. The standard InChI is InChI=1S/C68H115O11P/c1-4-7-10-13-16-19-22-25-28-30-32-34-37-40-43-46-49-52-55-58-67(71)78-64(60-69)62-76-80(73,74)77-63-65(61-75-66(70)57-54-51-48-45-42-39-36-27-24-21-18-15-12-9-6-3)79-68(72)59-56-53-50-47-44-41-38-35-33-31-29-26-23-20-17-14-11-8-5-2/h9,12,17-18,20-21,25-29,33,35-36,42,45,51,54,64-65,69H,4-8,10-11,13-16,19,22-24,30-32,34,37-41,43-44,46-50,52-53,55-63H2,1-3H3,(H,73,74)/b12-9-,20-17-,21-18-,28-25-,29-26-,35-33-,36-27-,45-42-,54-51-. The zero-order chi connectivity index (χ0) is 58.3. The molecule has 0 amide bonds. The Kier molecular flexibility index (Phi) is 58.3. The van der Waals surface area contributed by atoms with Crippen molar-refractivity contribution in [3.8, 4) is 0 Å². The highest BCUT2D eigenvalue weighted by molar-refractivity contribution is 7.47. The number of hydrogen-bond donors (Lipinski definition) is 2. The molecule has 0 aliphatic heterocycles. The summed E-state index contributed by atoms with van der Waals surface area (Å²) in [6.45, 7) is 4.39. The first-order chi connectivity index (χ1) is 39.2. The van der Waals surface area contributed by atoms with Crippen LogP contribution in [-0.2, 0) is 42.2 Å². The predicted octanol–water partition coefficient (Wildman–Crippen LogP) is 19.4. The second-order valence-corrected chi connectivity index (χ2v) is 22.3. The minimum absolute atomic E-state index is 0.0130. The van der Waals surface area contributed by atoms with E-state index in [0.29, 0.717) is 19.3 Å². The normalized spacial score (nSPS) is 14.0. The summed E-state index contributed by atoms with van der Waals surface area (Å²) in [7, 11) is -4.78. The Morgan fingerprint density at radius 2 is 0.688 bits per heavy atom. The van der Waals surface area contributed by atoms with Crippen molar-refractivity contribution < 1.29 is 52.2 Å². The number of esters is 3. The van der Waals surface area contributed by atoms with E-state index < -0.39 is 64.4 Å². The van der Waals surface area contributed by atoms with E-state index in [1.54, 1.807) is 6.08 Å². The summed E-state index contributed by atoms with van der Waals surface area (Å²) in [4.78, 5) is 48.7. The number of allylic oxidation sites excluding steroid dienone is 17. The molecule has 3 atom stereocenters. The fraction of sp³-hybridized carbons (Fsp3) is 0.691. The van der Waals surface area contributed by atoms with Gasteiger partial charge in [-0.15, -0.1) is 0 Å². The first-order valence-corrected chi connectivity index (χ1v) is 33.3. The Balaban J connectivity index is 4.78. The second kappa shape index (κ2) is 61.2. The third-order valence-corrected chi connectivity index (χ3v) is 14.1. The van der Waals surface area contributed by atoms with Gasteiger partial charge in [-0.1, -0.05) is 246 Å². The van der Waals surface area contributed by atoms with Crippen LogP contribution in [0.3, 0.4) is 0 Å². The maximum atomic E-state index is 12.9. The van der Waals surface area contributed by atoms with Gasteiger partial charge in [-0.2, -0.15) is 0 Å². The van der Waals surface area contributed by atoms with Gasteiger partial charge in [0.25, 0.3) is 0 Å². The third-order valence-electron chi connectivity index (χ3n) is 13.2. The molecule has 0 bridgehead atoms. The Hall–Kier alpha value is -3.86. The summed E-state index contributed by atoms with van der Waals surface area (Å²) in [5.74, 6) is -1.64. The van der Waals surface area contributed by atoms with Crippen LogP contribution < -0.4 is 0 Å². The maximum Gasteiger partial charge on any atom is 0.472 e. The van der Waals surface area contributed by atoms with E-state index in [1.165, 1.54) is 109 Å². The molecule has 80 heavy (non-hydrogen) atoms. The van der Waals surface area contributed by atoms with Crippen LogP contribution in [0, 0.1) is 0 Å². The Morgan fingerprint density at radius 1 is 0.375 bits per heavy atom. The Bertz CT molecular complexity index is 1760. The first kappa shape index (κ1) is 76.1. The van der Waals surface area contributed by atoms with Crippen LogP contribution in [0.4, 0.5) is 0 Å². The second-order valence-electron chi connectivity index (χ2n) is 20.9. The van der Waals surface area contributed by atoms with E-state index in [4.69, 9.17) is 23.3 Å². The van der Waals surface area contributed by atoms with Gasteiger partial charge in [0, 0.05) is 12.8 Å². The van der Waals surface area contributed by atoms with Crippen LogP contribution in [0.25, 0.3) is 0 Å². The lowest BCUT2D eigenvalue weighted by Gasteiger charge is -2.21. The molecule has 458 valence electrons. The number of ether oxygens (including phenoxy) is 3. The smallest absolute Gasteiger partial charge is 0.461 e. The lowest BCUT2D eigenvalue weighted by atomic mass is 10.1. The number of aliphatic hydroxyl groups excluding tert-OH is 1. The molecule has 0 aromatic heterocycles. The van der Waals surface area contributed by atoms with Crippen molar-refractivity contribution in [2.75, 3.05) is 26.4 Å². The number of hydrogen-bond acceptors (Lipinski definition) is 10. The summed E-state index contributed by atoms with van der Waals surface area (Å²) < 4.78 is 39.5. The van der Waals surface area contributed by atoms with E-state index in [-0.39, 0.29) is 19.3 Å². The molecule has 0 radical (unpaired) electrons. The van der Waals surface area contributed by atoms with Gasteiger partial charge in [0.2, 0.25) is 0 Å². The summed E-state index contributed by atoms with van der Waals surface area (Å²) >= 11 is 0. The highest BCUT2D eigenvalue weighted by atomic mass is 31.2. The lowest BCUT2D eigenvalue weighted by Crippen LogP contribution is -2.30. The van der Waals surface area contributed by atoms with Crippen molar-refractivity contribution in [1.82, 2.24) is 0 Å². The Morgan fingerprint density at radius 3 is 1.10 bits per heavy atom. The van der Waals surface area contributed by atoms with Gasteiger partial charge in [0.1, 0.15) is 12.7 Å². The molecule has 0 heterocycles. The van der Waals surface area contributed by atoms with Crippen molar-refractivity contribution in [3.63, 3.8) is 0 Å². The summed E-state index contributed by atoms with van der Waals surface area (Å²) in [6, 6.07) is 0. The topological polar surface area (TPSA) is 155 Å². The van der Waals surface area contributed by atoms with Gasteiger partial charge in [-0.25, -0.2) is 4.57 Å². The maximum absolute atomic E-state index is 12.9. The molecule has 0 spiro atoms. The predicted molar refractivity (Wildman–Crippen MR) is 334 cm³/mol. The van der Waals surface area contributed by atoms with Crippen molar-refractivity contribution in [3.05, 3.63) is 109 Å². The van der Waals surface area contributed by atoms with E-state index >= 15 is 0 Å². The van der Waals surface area contributed by atoms with Gasteiger partial charge in [0.15, 0.2) is 6.10 Å². The molecule has 0 aliphatic rings. The lowest BCUT2D eigenvalue weighted by molar-refractivity contribution is -0.161. The monoisotopic (exact) mass is 1140 g/mol. The molecule has 2 N–H and O–H groups in total. The molecular formula is C68H115O11P. The number of rotatable bonds is 58. The van der Waals surface area contributed by atoms with E-state index in [0.717, 1.165) is 96.3 Å². The molecule has 0 aliphatic carbocycles. The SMILES string of the molecule is CC/C=C\C/C=C\C/C=C\C/C=C\C/C=C\CC(=O)OCC(COP(=O)(O)OCC(CO)OC(=O)CCCCCCCCCCC/C=C\CCCCCCCC)OC(=O)CCCCCCCC/C=C\C/C=C\C/C=C\CCCCC. The number of phosphoric ester groups is 1. The minimum Gasteiger partial charge on any atom is -0.461 e. The quantitative estimate of drug-likeness (QED) is 0.0197. The Labute approximate surface area is 488 Å². The van der Waals surface area contributed by atoms with Crippen LogP contribution in [-0.4, -0.2) is 66.5 Å². The zero-order valence-electron chi connectivity index (χ0n) is 50.8. The molecule has 11 nitrogen and oxygen atoms in total. The third kappa shape index (κ3) is 58.8. The van der Waals surface area contributed by atoms with Gasteiger partial charge >= 0.3 is 25.7 Å². The molecule has 0 saturated carbocycles. The number of carbonyl (C=O) groups is 3. The highest BCUT2D eigenvalue weighted by Crippen LogP contribution is 2.43. The van der Waals surface area contributed by atoms with Crippen molar-refractivity contribution in [2.24, 2.45) is 0 Å². The van der Waals surface area contributed by atoms with Gasteiger partial charge in [-0.05, 0) is 109 Å². The number of unbranched alkanes of at least 4 members (excludes halogenated alkanes) is 24. The highest BCUT2D eigenvalue weighted by Gasteiger charge is 2.28. The molecule has 0 aromatic carbocycles. The van der Waals surface area contributed by atoms with Crippen LogP contribution in [0.15, 0.2) is 109 Å². The number of aliphatic hydroxyl groups is 1. The zero-order valence-corrected chi connectivity index (χ0v) is 51.7. The largest absolute Gasteiger partial charge is 0.472 e. The molecule has 3 unspecified atom stereocenters. The molecule has 0 saturated heterocycles. The van der Waals surface area contributed by atoms with Crippen molar-refractivity contribution in [1.29, 1.82) is 0 Å². The summed E-state index contributed by atoms with van der Waals surface area (Å²) in [5, 5.41) is 9.85. The van der Waals surface area contributed by atoms with Crippen LogP contribution in [0.5, 0.6) is 0 Å². The summed E-state index contributed by atoms with van der Waals surface area (Å²) in [5.41, 5.74) is 0. The van der Waals surface area contributed by atoms with Crippen molar-refractivity contribution in [2.45, 2.75) is 277 Å². The van der Waals surface area contributed by atoms with Gasteiger partial charge in [0.05, 0.1) is 26.2 Å². The van der Waals surface area contributed by atoms with E-state index in [2.05, 4.69) is 112 Å².